The molecule has 166 valence electrons. The second-order valence-corrected chi connectivity index (χ2v) is 8.85. The number of ether oxygens (including phenoxy) is 2. The third-order valence-electron chi connectivity index (χ3n) is 6.74. The number of piperidine rings is 1. The van der Waals surface area contributed by atoms with E-state index < -0.39 is 0 Å². The van der Waals surface area contributed by atoms with Crippen LogP contribution in [0.4, 0.5) is 0 Å². The summed E-state index contributed by atoms with van der Waals surface area (Å²) in [6, 6.07) is 24.4. The molecule has 3 aromatic rings. The molecule has 2 aliphatic heterocycles. The molecule has 2 heterocycles. The van der Waals surface area contributed by atoms with Gasteiger partial charge in [0, 0.05) is 23.9 Å². The molecular formula is C28H31NO3. The first-order valence-electron chi connectivity index (χ1n) is 11.7. The average Bonchev–Trinajstić information content (AvgIpc) is 2.85. The van der Waals surface area contributed by atoms with Crippen LogP contribution >= 0.6 is 0 Å². The van der Waals surface area contributed by atoms with Crippen molar-refractivity contribution in [2.75, 3.05) is 32.8 Å². The molecule has 4 nitrogen and oxygen atoms in total. The number of benzene rings is 3. The topological polar surface area (TPSA) is 41.9 Å². The highest BCUT2D eigenvalue weighted by Gasteiger charge is 2.33. The Bertz CT molecular complexity index is 1010. The van der Waals surface area contributed by atoms with Gasteiger partial charge in [0.25, 0.3) is 0 Å². The van der Waals surface area contributed by atoms with Gasteiger partial charge < -0.3 is 14.6 Å². The number of hydrogen-bond donors (Lipinski definition) is 1. The van der Waals surface area contributed by atoms with Crippen molar-refractivity contribution in [2.45, 2.75) is 31.1 Å². The van der Waals surface area contributed by atoms with Gasteiger partial charge in [-0.15, -0.1) is 0 Å². The zero-order valence-electron chi connectivity index (χ0n) is 18.5. The van der Waals surface area contributed by atoms with E-state index in [-0.39, 0.29) is 17.6 Å². The second-order valence-electron chi connectivity index (χ2n) is 8.85. The summed E-state index contributed by atoms with van der Waals surface area (Å²) in [5.41, 5.74) is 3.48. The molecule has 0 aliphatic carbocycles. The maximum absolute atomic E-state index is 10.2. The van der Waals surface area contributed by atoms with Crippen LogP contribution in [0.15, 0.2) is 72.8 Å². The zero-order chi connectivity index (χ0) is 21.8. The van der Waals surface area contributed by atoms with Crippen molar-refractivity contribution >= 4 is 0 Å². The molecule has 3 aromatic carbocycles. The van der Waals surface area contributed by atoms with E-state index in [1.165, 1.54) is 43.5 Å². The molecule has 0 bridgehead atoms. The molecular weight excluding hydrogens is 398 g/mol. The Balaban J connectivity index is 1.36. The minimum absolute atomic E-state index is 0.107. The third kappa shape index (κ3) is 4.61. The van der Waals surface area contributed by atoms with Gasteiger partial charge in [-0.25, -0.2) is 0 Å². The number of rotatable bonds is 6. The van der Waals surface area contributed by atoms with E-state index in [2.05, 4.69) is 53.4 Å². The van der Waals surface area contributed by atoms with Crippen LogP contribution in [0.3, 0.4) is 0 Å². The van der Waals surface area contributed by atoms with E-state index >= 15 is 0 Å². The van der Waals surface area contributed by atoms with Crippen LogP contribution in [0.1, 0.15) is 47.8 Å². The smallest absolute Gasteiger partial charge is 0.123 e. The maximum Gasteiger partial charge on any atom is 0.123 e. The fraction of sp³-hybridized carbons (Fsp3) is 0.357. The number of phenols is 1. The first-order valence-corrected chi connectivity index (χ1v) is 11.7. The van der Waals surface area contributed by atoms with E-state index in [9.17, 15) is 5.11 Å². The summed E-state index contributed by atoms with van der Waals surface area (Å²) in [4.78, 5) is 2.49. The van der Waals surface area contributed by atoms with Gasteiger partial charge in [0.05, 0.1) is 6.61 Å². The molecule has 0 amide bonds. The van der Waals surface area contributed by atoms with E-state index in [0.717, 1.165) is 30.2 Å². The summed E-state index contributed by atoms with van der Waals surface area (Å²) in [5.74, 6) is 2.31. The molecule has 0 saturated carbocycles. The number of aromatic hydroxyl groups is 1. The summed E-state index contributed by atoms with van der Waals surface area (Å²) in [6.07, 6.45) is 3.97. The predicted octanol–water partition coefficient (Wildman–Crippen LogP) is 5.57. The summed E-state index contributed by atoms with van der Waals surface area (Å²) in [5, 5.41) is 10.2. The van der Waals surface area contributed by atoms with Crippen LogP contribution in [0, 0.1) is 0 Å². The van der Waals surface area contributed by atoms with Gasteiger partial charge in [-0.1, -0.05) is 48.9 Å². The van der Waals surface area contributed by atoms with Crippen molar-refractivity contribution in [3.8, 4) is 17.2 Å². The largest absolute Gasteiger partial charge is 0.508 e. The van der Waals surface area contributed by atoms with Gasteiger partial charge >= 0.3 is 0 Å². The normalized spacial score (nSPS) is 20.9. The number of fused-ring (bicyclic) bond motifs is 1. The SMILES string of the molecule is Oc1ccc2c(c1)[C@@H](c1ccc(OCCN3CCCCC3)cc1)[C@@H](c1ccccc1)CO2. The highest BCUT2D eigenvalue weighted by molar-refractivity contribution is 5.51. The molecule has 5 rings (SSSR count). The van der Waals surface area contributed by atoms with Gasteiger partial charge in [0.1, 0.15) is 23.9 Å². The first kappa shape index (κ1) is 20.9. The molecule has 1 N–H and O–H groups in total. The summed E-state index contributed by atoms with van der Waals surface area (Å²) in [6.45, 7) is 4.71. The molecule has 1 saturated heterocycles. The number of nitrogens with zero attached hydrogens (tertiary/aromatic N) is 1. The quantitative estimate of drug-likeness (QED) is 0.557. The Labute approximate surface area is 190 Å². The van der Waals surface area contributed by atoms with Gasteiger partial charge in [0.2, 0.25) is 0 Å². The minimum atomic E-state index is 0.107. The number of hydrogen-bond acceptors (Lipinski definition) is 4. The van der Waals surface area contributed by atoms with Crippen LogP contribution in [-0.2, 0) is 0 Å². The predicted molar refractivity (Wildman–Crippen MR) is 127 cm³/mol. The highest BCUT2D eigenvalue weighted by atomic mass is 16.5. The highest BCUT2D eigenvalue weighted by Crippen LogP contribution is 2.47. The monoisotopic (exact) mass is 429 g/mol. The Kier molecular flexibility index (Phi) is 6.31. The van der Waals surface area contributed by atoms with E-state index in [4.69, 9.17) is 9.47 Å². The van der Waals surface area contributed by atoms with Crippen LogP contribution in [0.2, 0.25) is 0 Å². The van der Waals surface area contributed by atoms with Crippen LogP contribution < -0.4 is 9.47 Å². The molecule has 0 radical (unpaired) electrons. The van der Waals surface area contributed by atoms with Crippen molar-refractivity contribution in [3.63, 3.8) is 0 Å². The molecule has 0 aromatic heterocycles. The first-order chi connectivity index (χ1) is 15.8. The van der Waals surface area contributed by atoms with Gasteiger partial charge in [-0.05, 0) is 67.4 Å². The molecule has 1 fully saturated rings. The van der Waals surface area contributed by atoms with Crippen LogP contribution in [0.25, 0.3) is 0 Å². The lowest BCUT2D eigenvalue weighted by molar-refractivity contribution is 0.183. The summed E-state index contributed by atoms with van der Waals surface area (Å²) >= 11 is 0. The lowest BCUT2D eigenvalue weighted by atomic mass is 9.76. The Morgan fingerprint density at radius 2 is 1.66 bits per heavy atom. The third-order valence-corrected chi connectivity index (χ3v) is 6.74. The van der Waals surface area contributed by atoms with Crippen molar-refractivity contribution in [3.05, 3.63) is 89.5 Å². The Morgan fingerprint density at radius 1 is 0.875 bits per heavy atom. The lowest BCUT2D eigenvalue weighted by Gasteiger charge is -2.34. The molecule has 32 heavy (non-hydrogen) atoms. The second kappa shape index (κ2) is 9.66. The fourth-order valence-electron chi connectivity index (χ4n) is 5.05. The maximum atomic E-state index is 10.2. The average molecular weight is 430 g/mol. The lowest BCUT2D eigenvalue weighted by Crippen LogP contribution is -2.33. The molecule has 2 atom stereocenters. The van der Waals surface area contributed by atoms with Gasteiger partial charge in [0.15, 0.2) is 0 Å². The fourth-order valence-corrected chi connectivity index (χ4v) is 5.05. The minimum Gasteiger partial charge on any atom is -0.508 e. The van der Waals surface area contributed by atoms with E-state index in [0.29, 0.717) is 6.61 Å². The van der Waals surface area contributed by atoms with Crippen LogP contribution in [-0.4, -0.2) is 42.9 Å². The number of likely N-dealkylation sites (tertiary alicyclic amines) is 1. The Morgan fingerprint density at radius 3 is 2.44 bits per heavy atom. The zero-order valence-corrected chi connectivity index (χ0v) is 18.5. The van der Waals surface area contributed by atoms with Gasteiger partial charge in [-0.2, -0.15) is 0 Å². The van der Waals surface area contributed by atoms with Crippen molar-refractivity contribution in [1.29, 1.82) is 0 Å². The van der Waals surface area contributed by atoms with Crippen molar-refractivity contribution in [1.82, 2.24) is 4.90 Å². The molecule has 0 unspecified atom stereocenters. The molecule has 2 aliphatic rings. The van der Waals surface area contributed by atoms with Crippen LogP contribution in [0.5, 0.6) is 17.2 Å². The summed E-state index contributed by atoms with van der Waals surface area (Å²) in [7, 11) is 0. The summed E-state index contributed by atoms with van der Waals surface area (Å²) < 4.78 is 12.1. The Hall–Kier alpha value is -2.98. The van der Waals surface area contributed by atoms with Crippen molar-refractivity contribution in [2.24, 2.45) is 0 Å². The van der Waals surface area contributed by atoms with Crippen molar-refractivity contribution < 1.29 is 14.6 Å². The standard InChI is InChI=1S/C28H31NO3/c30-23-11-14-27-25(19-23)28(26(20-32-27)21-7-3-1-4-8-21)22-9-12-24(13-10-22)31-18-17-29-15-5-2-6-16-29/h1,3-4,7-14,19,26,28,30H,2,5-6,15-18,20H2/t26-,28-/m1/s1. The molecule has 0 spiro atoms. The number of phenolic OH excluding ortho intramolecular Hbond substituents is 1. The van der Waals surface area contributed by atoms with E-state index in [1.54, 1.807) is 6.07 Å². The van der Waals surface area contributed by atoms with Gasteiger partial charge in [-0.3, -0.25) is 4.90 Å². The van der Waals surface area contributed by atoms with E-state index in [1.807, 2.05) is 18.2 Å². The molecule has 4 heteroatoms.